The topological polar surface area (TPSA) is 78.9 Å². The fourth-order valence-electron chi connectivity index (χ4n) is 3.53. The molecule has 3 rings (SSSR count). The van der Waals surface area contributed by atoms with Crippen LogP contribution >= 0.6 is 11.6 Å². The van der Waals surface area contributed by atoms with Crippen molar-refractivity contribution in [1.29, 1.82) is 0 Å². The molecule has 0 bridgehead atoms. The minimum Gasteiger partial charge on any atom is -0.495 e. The summed E-state index contributed by atoms with van der Waals surface area (Å²) in [6, 6.07) is 13.5. The summed E-state index contributed by atoms with van der Waals surface area (Å²) in [6.07, 6.45) is 4.19. The molecule has 0 spiro atoms. The number of nitrogens with zero attached hydrogens (tertiary/aromatic N) is 2. The van der Waals surface area contributed by atoms with Crippen molar-refractivity contribution in [2.45, 2.75) is 17.9 Å². The molecule has 1 aliphatic heterocycles. The molecule has 0 radical (unpaired) electrons. The highest BCUT2D eigenvalue weighted by molar-refractivity contribution is 7.89. The van der Waals surface area contributed by atoms with Gasteiger partial charge in [-0.05, 0) is 30.7 Å². The Morgan fingerprint density at radius 3 is 2.50 bits per heavy atom. The van der Waals surface area contributed by atoms with Crippen LogP contribution in [0.1, 0.15) is 12.5 Å². The lowest BCUT2D eigenvalue weighted by Crippen LogP contribution is -2.54. The Morgan fingerprint density at radius 1 is 1.16 bits per heavy atom. The van der Waals surface area contributed by atoms with Crippen molar-refractivity contribution in [3.8, 4) is 5.75 Å². The summed E-state index contributed by atoms with van der Waals surface area (Å²) in [5.41, 5.74) is 1.15. The van der Waals surface area contributed by atoms with Gasteiger partial charge in [0.15, 0.2) is 0 Å². The van der Waals surface area contributed by atoms with E-state index in [4.69, 9.17) is 16.3 Å². The lowest BCUT2D eigenvalue weighted by atomic mass is 10.2. The minimum absolute atomic E-state index is 0.0952. The van der Waals surface area contributed by atoms with Crippen molar-refractivity contribution >= 4 is 33.6 Å². The van der Waals surface area contributed by atoms with Crippen LogP contribution in [0.25, 0.3) is 6.08 Å². The third-order valence-electron chi connectivity index (χ3n) is 5.27. The van der Waals surface area contributed by atoms with Crippen molar-refractivity contribution in [2.75, 3.05) is 39.8 Å². The standard InChI is InChI=1S/C23H28ClN3O4S/c1-18(25-32(29,30)22-17-20(24)10-11-21(22)31-2)23(28)27-15-13-26(14-16-27)12-6-9-19-7-4-3-5-8-19/h3-11,17-18,25H,12-16H2,1-2H3/b9-6+/t18-/m0/s1. The summed E-state index contributed by atoms with van der Waals surface area (Å²) in [4.78, 5) is 16.7. The van der Waals surface area contributed by atoms with E-state index in [0.717, 1.165) is 25.2 Å². The first-order chi connectivity index (χ1) is 15.3. The number of benzene rings is 2. The Morgan fingerprint density at radius 2 is 1.84 bits per heavy atom. The number of hydrogen-bond donors (Lipinski definition) is 1. The summed E-state index contributed by atoms with van der Waals surface area (Å²) < 4.78 is 33.2. The van der Waals surface area contributed by atoms with Crippen LogP contribution in [0.3, 0.4) is 0 Å². The Bertz CT molecular complexity index is 1050. The van der Waals surface area contributed by atoms with Gasteiger partial charge >= 0.3 is 0 Å². The molecule has 0 aromatic heterocycles. The molecule has 1 amide bonds. The molecule has 172 valence electrons. The maximum absolute atomic E-state index is 12.8. The normalized spacial score (nSPS) is 16.3. The first-order valence-corrected chi connectivity index (χ1v) is 12.2. The molecule has 2 aromatic carbocycles. The van der Waals surface area contributed by atoms with E-state index < -0.39 is 16.1 Å². The number of ether oxygens (including phenoxy) is 1. The molecule has 1 N–H and O–H groups in total. The van der Waals surface area contributed by atoms with E-state index in [2.05, 4.69) is 33.9 Å². The van der Waals surface area contributed by atoms with Crippen LogP contribution in [0.2, 0.25) is 5.02 Å². The van der Waals surface area contributed by atoms with Crippen LogP contribution in [0.5, 0.6) is 5.75 Å². The fraction of sp³-hybridized carbons (Fsp3) is 0.348. The first kappa shape index (κ1) is 24.3. The Hall–Kier alpha value is -2.39. The number of hydrogen-bond acceptors (Lipinski definition) is 5. The zero-order valence-corrected chi connectivity index (χ0v) is 19.8. The van der Waals surface area contributed by atoms with Gasteiger partial charge in [0.2, 0.25) is 15.9 Å². The molecule has 0 saturated carbocycles. The Kier molecular flexibility index (Phi) is 8.31. The van der Waals surface area contributed by atoms with Gasteiger partial charge in [-0.25, -0.2) is 8.42 Å². The summed E-state index contributed by atoms with van der Waals surface area (Å²) in [5.74, 6) is -0.0900. The van der Waals surface area contributed by atoms with E-state index in [1.54, 1.807) is 17.9 Å². The van der Waals surface area contributed by atoms with Crippen molar-refractivity contribution in [1.82, 2.24) is 14.5 Å². The van der Waals surface area contributed by atoms with Crippen LogP contribution in [0, 0.1) is 0 Å². The van der Waals surface area contributed by atoms with E-state index in [1.807, 2.05) is 18.2 Å². The van der Waals surface area contributed by atoms with Gasteiger partial charge in [0, 0.05) is 37.7 Å². The van der Waals surface area contributed by atoms with Gasteiger partial charge in [-0.15, -0.1) is 0 Å². The van der Waals surface area contributed by atoms with E-state index in [-0.39, 0.29) is 21.6 Å². The maximum atomic E-state index is 12.8. The predicted molar refractivity (Wildman–Crippen MR) is 126 cm³/mol. The smallest absolute Gasteiger partial charge is 0.245 e. The second kappa shape index (κ2) is 11.0. The highest BCUT2D eigenvalue weighted by atomic mass is 35.5. The molecule has 0 aliphatic carbocycles. The largest absolute Gasteiger partial charge is 0.495 e. The molecule has 1 aliphatic rings. The SMILES string of the molecule is COc1ccc(Cl)cc1S(=O)(=O)N[C@@H](C)C(=O)N1CCN(C/C=C/c2ccccc2)CC1. The molecule has 1 saturated heterocycles. The molecular weight excluding hydrogens is 450 g/mol. The third-order valence-corrected chi connectivity index (χ3v) is 7.07. The van der Waals surface area contributed by atoms with Gasteiger partial charge in [0.05, 0.1) is 13.2 Å². The predicted octanol–water partition coefficient (Wildman–Crippen LogP) is 2.87. The average molecular weight is 478 g/mol. The third kappa shape index (κ3) is 6.32. The minimum atomic E-state index is -3.98. The van der Waals surface area contributed by atoms with Crippen LogP contribution in [0.4, 0.5) is 0 Å². The molecule has 9 heteroatoms. The summed E-state index contributed by atoms with van der Waals surface area (Å²) in [5, 5.41) is 0.266. The quantitative estimate of drug-likeness (QED) is 0.632. The Labute approximate surface area is 194 Å². The number of piperazine rings is 1. The number of rotatable bonds is 8. The van der Waals surface area contributed by atoms with Crippen molar-refractivity contribution < 1.29 is 17.9 Å². The fourth-order valence-corrected chi connectivity index (χ4v) is 5.16. The van der Waals surface area contributed by atoms with Crippen LogP contribution in [-0.2, 0) is 14.8 Å². The lowest BCUT2D eigenvalue weighted by Gasteiger charge is -2.35. The number of amides is 1. The van der Waals surface area contributed by atoms with Crippen molar-refractivity contribution in [2.24, 2.45) is 0 Å². The highest BCUT2D eigenvalue weighted by Crippen LogP contribution is 2.27. The number of sulfonamides is 1. The molecule has 32 heavy (non-hydrogen) atoms. The highest BCUT2D eigenvalue weighted by Gasteiger charge is 2.29. The number of nitrogens with one attached hydrogen (secondary N) is 1. The van der Waals surface area contributed by atoms with Crippen molar-refractivity contribution in [3.05, 3.63) is 65.2 Å². The second-order valence-electron chi connectivity index (χ2n) is 7.58. The van der Waals surface area contributed by atoms with Gasteiger partial charge in [-0.1, -0.05) is 54.1 Å². The first-order valence-electron chi connectivity index (χ1n) is 10.4. The van der Waals surface area contributed by atoms with Gasteiger partial charge in [-0.2, -0.15) is 4.72 Å². The molecule has 1 atom stereocenters. The molecular formula is C23H28ClN3O4S. The van der Waals surface area contributed by atoms with E-state index in [1.165, 1.54) is 19.2 Å². The van der Waals surface area contributed by atoms with Crippen LogP contribution in [-0.4, -0.2) is 70.0 Å². The monoisotopic (exact) mass is 477 g/mol. The van der Waals surface area contributed by atoms with E-state index in [0.29, 0.717) is 13.1 Å². The number of methoxy groups -OCH3 is 1. The summed E-state index contributed by atoms with van der Waals surface area (Å²) >= 11 is 5.95. The zero-order valence-electron chi connectivity index (χ0n) is 18.2. The van der Waals surface area contributed by atoms with Crippen molar-refractivity contribution in [3.63, 3.8) is 0 Å². The second-order valence-corrected chi connectivity index (χ2v) is 9.70. The molecule has 7 nitrogen and oxygen atoms in total. The maximum Gasteiger partial charge on any atom is 0.245 e. The number of halogens is 1. The summed E-state index contributed by atoms with van der Waals surface area (Å²) in [6.45, 7) is 4.90. The van der Waals surface area contributed by atoms with Crippen LogP contribution < -0.4 is 9.46 Å². The molecule has 2 aromatic rings. The molecule has 0 unspecified atom stereocenters. The van der Waals surface area contributed by atoms with Gasteiger partial charge in [0.1, 0.15) is 10.6 Å². The van der Waals surface area contributed by atoms with Crippen LogP contribution in [0.15, 0.2) is 59.5 Å². The Balaban J connectivity index is 1.53. The summed E-state index contributed by atoms with van der Waals surface area (Å²) in [7, 11) is -2.60. The van der Waals surface area contributed by atoms with E-state index in [9.17, 15) is 13.2 Å². The van der Waals surface area contributed by atoms with Gasteiger partial charge in [-0.3, -0.25) is 9.69 Å². The van der Waals surface area contributed by atoms with Gasteiger partial charge in [0.25, 0.3) is 0 Å². The zero-order chi connectivity index (χ0) is 23.1. The number of carbonyl (C=O) groups excluding carboxylic acids is 1. The average Bonchev–Trinajstić information content (AvgIpc) is 2.79. The van der Waals surface area contributed by atoms with Gasteiger partial charge < -0.3 is 9.64 Å². The number of carbonyl (C=O) groups is 1. The van der Waals surface area contributed by atoms with E-state index >= 15 is 0 Å². The molecule has 1 heterocycles. The molecule has 1 fully saturated rings. The lowest BCUT2D eigenvalue weighted by molar-refractivity contribution is -0.134.